The number of nitrogens with zero attached hydrogens (tertiary/aromatic N) is 1. The second kappa shape index (κ2) is 6.93. The number of ether oxygens (including phenoxy) is 1. The summed E-state index contributed by atoms with van der Waals surface area (Å²) in [6, 6.07) is 12.3. The van der Waals surface area contributed by atoms with Crippen LogP contribution in [0.5, 0.6) is 5.75 Å². The number of carbonyl (C=O) groups excluding carboxylic acids is 2. The van der Waals surface area contributed by atoms with Gasteiger partial charge in [-0.05, 0) is 42.7 Å². The van der Waals surface area contributed by atoms with Crippen LogP contribution in [0.1, 0.15) is 22.3 Å². The number of benzene rings is 2. The van der Waals surface area contributed by atoms with E-state index in [1.807, 2.05) is 6.07 Å². The van der Waals surface area contributed by atoms with Gasteiger partial charge in [-0.2, -0.15) is 0 Å². The Bertz CT molecular complexity index is 792. The number of hydrogen-bond acceptors (Lipinski definition) is 3. The molecule has 5 nitrogen and oxygen atoms in total. The van der Waals surface area contributed by atoms with Crippen LogP contribution in [0.15, 0.2) is 42.5 Å². The number of amides is 2. The van der Waals surface area contributed by atoms with Crippen molar-refractivity contribution < 1.29 is 14.3 Å². The van der Waals surface area contributed by atoms with Crippen molar-refractivity contribution in [2.75, 3.05) is 18.1 Å². The first-order valence-corrected chi connectivity index (χ1v) is 8.05. The van der Waals surface area contributed by atoms with Crippen LogP contribution in [0, 0.1) is 0 Å². The molecule has 6 heteroatoms. The van der Waals surface area contributed by atoms with E-state index >= 15 is 0 Å². The Balaban J connectivity index is 1.79. The second-order valence-electron chi connectivity index (χ2n) is 5.54. The van der Waals surface area contributed by atoms with Crippen molar-refractivity contribution in [3.05, 3.63) is 58.6 Å². The van der Waals surface area contributed by atoms with Gasteiger partial charge in [0.2, 0.25) is 5.91 Å². The van der Waals surface area contributed by atoms with E-state index in [2.05, 4.69) is 0 Å². The summed E-state index contributed by atoms with van der Waals surface area (Å²) in [4.78, 5) is 25.8. The van der Waals surface area contributed by atoms with Gasteiger partial charge < -0.3 is 15.4 Å². The van der Waals surface area contributed by atoms with E-state index in [0.29, 0.717) is 22.9 Å². The number of para-hydroxylation sites is 1. The maximum atomic E-state index is 12.6. The van der Waals surface area contributed by atoms with Crippen LogP contribution in [0.25, 0.3) is 0 Å². The lowest BCUT2D eigenvalue weighted by Crippen LogP contribution is -2.39. The third-order valence-electron chi connectivity index (χ3n) is 4.00. The minimum Gasteiger partial charge on any atom is -0.482 e. The molecule has 2 amide bonds. The molecule has 0 unspecified atom stereocenters. The average Bonchev–Trinajstić information content (AvgIpc) is 2.59. The zero-order valence-corrected chi connectivity index (χ0v) is 13.8. The van der Waals surface area contributed by atoms with E-state index < -0.39 is 5.91 Å². The van der Waals surface area contributed by atoms with Gasteiger partial charge in [0.25, 0.3) is 5.91 Å². The van der Waals surface area contributed by atoms with Gasteiger partial charge in [0.15, 0.2) is 6.61 Å². The first kappa shape index (κ1) is 16.3. The number of halogens is 1. The Hall–Kier alpha value is -2.53. The zero-order chi connectivity index (χ0) is 17.1. The van der Waals surface area contributed by atoms with Gasteiger partial charge in [-0.3, -0.25) is 9.59 Å². The fraction of sp³-hybridized carbons (Fsp3) is 0.222. The van der Waals surface area contributed by atoms with E-state index in [9.17, 15) is 9.59 Å². The third-order valence-corrected chi connectivity index (χ3v) is 4.32. The van der Waals surface area contributed by atoms with Gasteiger partial charge >= 0.3 is 0 Å². The zero-order valence-electron chi connectivity index (χ0n) is 13.0. The molecule has 2 aromatic carbocycles. The SMILES string of the molecule is NC(=O)c1cccc2c1CCCN2C(=O)COc1ccccc1Cl. The van der Waals surface area contributed by atoms with E-state index in [1.165, 1.54) is 0 Å². The number of anilines is 1. The molecule has 1 aliphatic rings. The lowest BCUT2D eigenvalue weighted by molar-refractivity contribution is -0.120. The van der Waals surface area contributed by atoms with Crippen LogP contribution in [0.3, 0.4) is 0 Å². The van der Waals surface area contributed by atoms with Gasteiger partial charge in [-0.15, -0.1) is 0 Å². The normalized spacial score (nSPS) is 13.3. The van der Waals surface area contributed by atoms with Gasteiger partial charge in [-0.1, -0.05) is 29.8 Å². The first-order valence-electron chi connectivity index (χ1n) is 7.67. The molecule has 1 heterocycles. The van der Waals surface area contributed by atoms with Gasteiger partial charge in [-0.25, -0.2) is 0 Å². The highest BCUT2D eigenvalue weighted by molar-refractivity contribution is 6.32. The molecular weight excluding hydrogens is 328 g/mol. The van der Waals surface area contributed by atoms with Crippen molar-refractivity contribution in [2.45, 2.75) is 12.8 Å². The number of rotatable bonds is 4. The Kier molecular flexibility index (Phi) is 4.71. The lowest BCUT2D eigenvalue weighted by atomic mass is 9.96. The molecule has 2 aromatic rings. The monoisotopic (exact) mass is 344 g/mol. The summed E-state index contributed by atoms with van der Waals surface area (Å²) in [5.74, 6) is -0.193. The van der Waals surface area contributed by atoms with E-state index in [-0.39, 0.29) is 12.5 Å². The number of hydrogen-bond donors (Lipinski definition) is 1. The molecule has 0 fully saturated rings. The summed E-state index contributed by atoms with van der Waals surface area (Å²) >= 11 is 6.03. The Morgan fingerprint density at radius 1 is 1.17 bits per heavy atom. The highest BCUT2D eigenvalue weighted by atomic mass is 35.5. The van der Waals surface area contributed by atoms with Crippen molar-refractivity contribution in [3.8, 4) is 5.75 Å². The highest BCUT2D eigenvalue weighted by Gasteiger charge is 2.25. The predicted octanol–water partition coefficient (Wildman–Crippen LogP) is 2.80. The molecular formula is C18H17ClN2O3. The van der Waals surface area contributed by atoms with Crippen LogP contribution < -0.4 is 15.4 Å². The molecule has 0 spiro atoms. The summed E-state index contributed by atoms with van der Waals surface area (Å²) in [6.45, 7) is 0.462. The molecule has 0 saturated carbocycles. The number of primary amides is 1. The second-order valence-corrected chi connectivity index (χ2v) is 5.94. The number of nitrogens with two attached hydrogens (primary N) is 1. The van der Waals surface area contributed by atoms with Crippen molar-refractivity contribution in [2.24, 2.45) is 5.73 Å². The fourth-order valence-electron chi connectivity index (χ4n) is 2.89. The summed E-state index contributed by atoms with van der Waals surface area (Å²) < 4.78 is 5.53. The van der Waals surface area contributed by atoms with Gasteiger partial charge in [0, 0.05) is 17.8 Å². The summed E-state index contributed by atoms with van der Waals surface area (Å²) in [7, 11) is 0. The summed E-state index contributed by atoms with van der Waals surface area (Å²) in [5.41, 5.74) is 7.45. The molecule has 0 atom stereocenters. The van der Waals surface area contributed by atoms with E-state index in [1.54, 1.807) is 41.3 Å². The molecule has 3 rings (SSSR count). The molecule has 0 radical (unpaired) electrons. The largest absolute Gasteiger partial charge is 0.482 e. The van der Waals surface area contributed by atoms with Crippen molar-refractivity contribution in [1.82, 2.24) is 0 Å². The fourth-order valence-corrected chi connectivity index (χ4v) is 3.08. The molecule has 0 aromatic heterocycles. The predicted molar refractivity (Wildman–Crippen MR) is 92.6 cm³/mol. The van der Waals surface area contributed by atoms with Crippen LogP contribution in [-0.4, -0.2) is 25.0 Å². The molecule has 0 aliphatic carbocycles. The van der Waals surface area contributed by atoms with Crippen LogP contribution in [-0.2, 0) is 11.2 Å². The smallest absolute Gasteiger partial charge is 0.264 e. The van der Waals surface area contributed by atoms with Crippen molar-refractivity contribution in [3.63, 3.8) is 0 Å². The Morgan fingerprint density at radius 2 is 1.96 bits per heavy atom. The van der Waals surface area contributed by atoms with Gasteiger partial charge in [0.05, 0.1) is 5.02 Å². The van der Waals surface area contributed by atoms with Crippen LogP contribution >= 0.6 is 11.6 Å². The third kappa shape index (κ3) is 3.21. The minimum absolute atomic E-state index is 0.121. The standard InChI is InChI=1S/C18H17ClN2O3/c19-14-7-1-2-9-16(14)24-11-17(22)21-10-4-6-12-13(18(20)23)5-3-8-15(12)21/h1-3,5,7-9H,4,6,10-11H2,(H2,20,23). The number of carbonyl (C=O) groups is 2. The first-order chi connectivity index (χ1) is 11.6. The summed E-state index contributed by atoms with van der Waals surface area (Å²) in [6.07, 6.45) is 1.50. The lowest BCUT2D eigenvalue weighted by Gasteiger charge is -2.30. The molecule has 1 aliphatic heterocycles. The van der Waals surface area contributed by atoms with Gasteiger partial charge in [0.1, 0.15) is 5.75 Å². The molecule has 0 bridgehead atoms. The number of fused-ring (bicyclic) bond motifs is 1. The maximum Gasteiger partial charge on any atom is 0.264 e. The summed E-state index contributed by atoms with van der Waals surface area (Å²) in [5, 5.41) is 0.459. The van der Waals surface area contributed by atoms with E-state index in [0.717, 1.165) is 24.1 Å². The average molecular weight is 345 g/mol. The van der Waals surface area contributed by atoms with E-state index in [4.69, 9.17) is 22.1 Å². The molecule has 2 N–H and O–H groups in total. The molecule has 0 saturated heterocycles. The molecule has 24 heavy (non-hydrogen) atoms. The van der Waals surface area contributed by atoms with Crippen LogP contribution in [0.2, 0.25) is 5.02 Å². The Labute approximate surface area is 145 Å². The Morgan fingerprint density at radius 3 is 2.71 bits per heavy atom. The minimum atomic E-state index is -0.478. The topological polar surface area (TPSA) is 72.6 Å². The maximum absolute atomic E-state index is 12.6. The molecule has 124 valence electrons. The van der Waals surface area contributed by atoms with Crippen molar-refractivity contribution >= 4 is 29.1 Å². The van der Waals surface area contributed by atoms with Crippen molar-refractivity contribution in [1.29, 1.82) is 0 Å². The quantitative estimate of drug-likeness (QED) is 0.926. The van der Waals surface area contributed by atoms with Crippen LogP contribution in [0.4, 0.5) is 5.69 Å². The highest BCUT2D eigenvalue weighted by Crippen LogP contribution is 2.30.